The lowest BCUT2D eigenvalue weighted by atomic mass is 10.1. The fourth-order valence-corrected chi connectivity index (χ4v) is 3.20. The molecule has 0 unspecified atom stereocenters. The number of hydrogen-bond acceptors (Lipinski definition) is 6. The Kier molecular flexibility index (Phi) is 4.95. The van der Waals surface area contributed by atoms with Gasteiger partial charge >= 0.3 is 12.0 Å². The number of hydroxylamine groups is 1. The van der Waals surface area contributed by atoms with Crippen LogP contribution in [-0.2, 0) is 10.0 Å². The minimum atomic E-state index is -4.06. The van der Waals surface area contributed by atoms with Crippen LogP contribution in [0.5, 0.6) is 0 Å². The highest BCUT2D eigenvalue weighted by Crippen LogP contribution is 2.37. The van der Waals surface area contributed by atoms with E-state index >= 15 is 0 Å². The van der Waals surface area contributed by atoms with E-state index in [0.717, 1.165) is 0 Å². The molecule has 9 nitrogen and oxygen atoms in total. The lowest BCUT2D eigenvalue weighted by Crippen LogP contribution is -2.35. The molecule has 3 rings (SSSR count). The van der Waals surface area contributed by atoms with E-state index in [9.17, 15) is 18.4 Å². The van der Waals surface area contributed by atoms with E-state index in [2.05, 4.69) is 10.3 Å². The molecule has 140 valence electrons. The van der Waals surface area contributed by atoms with Gasteiger partial charge in [0.15, 0.2) is 5.76 Å². The first-order chi connectivity index (χ1) is 12.8. The number of oxazole rings is 1. The Morgan fingerprint density at radius 1 is 1.15 bits per heavy atom. The molecular formula is C17H16N4O5S. The lowest BCUT2D eigenvalue weighted by molar-refractivity contribution is 0.197. The molecule has 0 radical (unpaired) electrons. The Morgan fingerprint density at radius 3 is 2.41 bits per heavy atom. The molecule has 4 N–H and O–H groups in total. The van der Waals surface area contributed by atoms with Gasteiger partial charge in [-0.25, -0.2) is 18.4 Å². The number of benzene rings is 2. The number of rotatable bonds is 4. The molecule has 0 bridgehead atoms. The van der Waals surface area contributed by atoms with Gasteiger partial charge in [-0.05, 0) is 12.1 Å². The smallest absolute Gasteiger partial charge is 0.349 e. The quantitative estimate of drug-likeness (QED) is 0.462. The predicted octanol–water partition coefficient (Wildman–Crippen LogP) is 2.19. The fraction of sp³-hybridized carbons (Fsp3) is 0.0588. The van der Waals surface area contributed by atoms with Crippen molar-refractivity contribution in [1.29, 1.82) is 0 Å². The summed E-state index contributed by atoms with van der Waals surface area (Å²) < 4.78 is 29.5. The topological polar surface area (TPSA) is 139 Å². The molecule has 0 aliphatic heterocycles. The Hall–Kier alpha value is -3.21. The van der Waals surface area contributed by atoms with Crippen molar-refractivity contribution in [2.24, 2.45) is 5.14 Å². The Balaban J connectivity index is 2.27. The highest BCUT2D eigenvalue weighted by Gasteiger charge is 2.26. The van der Waals surface area contributed by atoms with Crippen LogP contribution in [0.25, 0.3) is 22.6 Å². The van der Waals surface area contributed by atoms with Gasteiger partial charge in [0.2, 0.25) is 10.0 Å². The zero-order valence-corrected chi connectivity index (χ0v) is 15.0. The molecule has 10 heteroatoms. The first kappa shape index (κ1) is 18.6. The van der Waals surface area contributed by atoms with Gasteiger partial charge in [-0.1, -0.05) is 42.5 Å². The van der Waals surface area contributed by atoms with Crippen molar-refractivity contribution in [1.82, 2.24) is 10.3 Å². The number of sulfonamides is 1. The number of amides is 2. The molecule has 27 heavy (non-hydrogen) atoms. The molecule has 0 aliphatic rings. The average Bonchev–Trinajstić information content (AvgIpc) is 3.12. The van der Waals surface area contributed by atoms with Crippen molar-refractivity contribution < 1.29 is 22.8 Å². The van der Waals surface area contributed by atoms with Gasteiger partial charge in [0.25, 0.3) is 0 Å². The summed E-state index contributed by atoms with van der Waals surface area (Å²) in [7, 11) is -2.73. The number of nitrogens with one attached hydrogen (secondary N) is 1. The SMILES string of the molecule is CNC(=O)N(O)c1nc(-c2ccccc2)c(-c2ccccc2S(N)(=O)=O)o1. The number of primary sulfonamides is 1. The van der Waals surface area contributed by atoms with Crippen molar-refractivity contribution in [2.75, 3.05) is 12.1 Å². The van der Waals surface area contributed by atoms with Crippen LogP contribution in [0.4, 0.5) is 10.8 Å². The van der Waals surface area contributed by atoms with Crippen LogP contribution in [0.1, 0.15) is 0 Å². The molecule has 1 heterocycles. The molecular weight excluding hydrogens is 372 g/mol. The second kappa shape index (κ2) is 7.19. The summed E-state index contributed by atoms with van der Waals surface area (Å²) in [5.41, 5.74) is 0.990. The summed E-state index contributed by atoms with van der Waals surface area (Å²) >= 11 is 0. The zero-order valence-electron chi connectivity index (χ0n) is 14.2. The molecule has 0 saturated heterocycles. The van der Waals surface area contributed by atoms with Gasteiger partial charge in [0.05, 0.1) is 4.90 Å². The van der Waals surface area contributed by atoms with Crippen LogP contribution in [0, 0.1) is 0 Å². The summed E-state index contributed by atoms with van der Waals surface area (Å²) in [6.45, 7) is 0. The highest BCUT2D eigenvalue weighted by molar-refractivity contribution is 7.89. The van der Waals surface area contributed by atoms with Crippen LogP contribution in [0.2, 0.25) is 0 Å². The minimum Gasteiger partial charge on any atom is -0.421 e. The molecule has 0 saturated carbocycles. The second-order valence-corrected chi connectivity index (χ2v) is 6.98. The van der Waals surface area contributed by atoms with Crippen LogP contribution >= 0.6 is 0 Å². The summed E-state index contributed by atoms with van der Waals surface area (Å²) in [6.07, 6.45) is 0. The van der Waals surface area contributed by atoms with E-state index in [1.807, 2.05) is 0 Å². The first-order valence-electron chi connectivity index (χ1n) is 7.72. The van der Waals surface area contributed by atoms with E-state index in [4.69, 9.17) is 9.56 Å². The standard InChI is InChI=1S/C17H16N4O5S/c1-19-16(22)21(23)17-20-14(11-7-3-2-4-8-11)15(26-17)12-9-5-6-10-13(12)27(18,24)25/h2-10,23H,1H3,(H,19,22)(H2,18,24,25). The maximum absolute atomic E-state index is 12.0. The summed E-state index contributed by atoms with van der Waals surface area (Å²) in [6, 6.07) is 13.4. The van der Waals surface area contributed by atoms with Crippen LogP contribution in [0.3, 0.4) is 0 Å². The Bertz CT molecular complexity index is 1080. The van der Waals surface area contributed by atoms with Gasteiger partial charge in [-0.2, -0.15) is 4.98 Å². The van der Waals surface area contributed by atoms with E-state index in [0.29, 0.717) is 5.56 Å². The number of carbonyl (C=O) groups is 1. The van der Waals surface area contributed by atoms with E-state index in [-0.39, 0.29) is 27.0 Å². The van der Waals surface area contributed by atoms with Crippen LogP contribution in [-0.4, -0.2) is 31.7 Å². The fourth-order valence-electron chi connectivity index (χ4n) is 2.47. The van der Waals surface area contributed by atoms with Crippen molar-refractivity contribution in [2.45, 2.75) is 4.90 Å². The Morgan fingerprint density at radius 2 is 1.78 bits per heavy atom. The third-order valence-electron chi connectivity index (χ3n) is 3.69. The average molecular weight is 388 g/mol. The van der Waals surface area contributed by atoms with E-state index in [1.54, 1.807) is 36.4 Å². The maximum atomic E-state index is 12.0. The van der Waals surface area contributed by atoms with Crippen molar-refractivity contribution in [3.63, 3.8) is 0 Å². The van der Waals surface area contributed by atoms with Crippen LogP contribution < -0.4 is 15.5 Å². The molecule has 0 spiro atoms. The number of urea groups is 1. The monoisotopic (exact) mass is 388 g/mol. The molecule has 2 aromatic carbocycles. The predicted molar refractivity (Wildman–Crippen MR) is 97.5 cm³/mol. The van der Waals surface area contributed by atoms with Gasteiger partial charge in [0, 0.05) is 18.2 Å². The lowest BCUT2D eigenvalue weighted by Gasteiger charge is -2.08. The number of aromatic nitrogens is 1. The number of carbonyl (C=O) groups excluding carboxylic acids is 1. The molecule has 1 aromatic heterocycles. The van der Waals surface area contributed by atoms with Gasteiger partial charge < -0.3 is 9.73 Å². The normalized spacial score (nSPS) is 11.2. The summed E-state index contributed by atoms with van der Waals surface area (Å²) in [5.74, 6) is 0.0452. The maximum Gasteiger partial charge on any atom is 0.349 e. The largest absolute Gasteiger partial charge is 0.421 e. The summed E-state index contributed by atoms with van der Waals surface area (Å²) in [4.78, 5) is 15.7. The zero-order chi connectivity index (χ0) is 19.6. The summed E-state index contributed by atoms with van der Waals surface area (Å²) in [5, 5.41) is 17.7. The highest BCUT2D eigenvalue weighted by atomic mass is 32.2. The van der Waals surface area contributed by atoms with Crippen molar-refractivity contribution in [3.05, 3.63) is 54.6 Å². The van der Waals surface area contributed by atoms with E-state index in [1.165, 1.54) is 25.2 Å². The van der Waals surface area contributed by atoms with Crippen molar-refractivity contribution in [3.8, 4) is 22.6 Å². The minimum absolute atomic E-state index is 0.0452. The van der Waals surface area contributed by atoms with Gasteiger partial charge in [-0.3, -0.25) is 5.21 Å². The van der Waals surface area contributed by atoms with Gasteiger partial charge in [-0.15, -0.1) is 5.06 Å². The van der Waals surface area contributed by atoms with Gasteiger partial charge in [0.1, 0.15) is 5.69 Å². The third-order valence-corrected chi connectivity index (χ3v) is 4.66. The number of nitrogens with two attached hydrogens (primary N) is 1. The molecule has 2 amide bonds. The number of anilines is 1. The molecule has 0 aliphatic carbocycles. The third kappa shape index (κ3) is 3.67. The van der Waals surface area contributed by atoms with E-state index < -0.39 is 22.1 Å². The molecule has 0 atom stereocenters. The van der Waals surface area contributed by atoms with Crippen LogP contribution in [0.15, 0.2) is 63.9 Å². The Labute approximate surface area is 155 Å². The van der Waals surface area contributed by atoms with Crippen molar-refractivity contribution >= 4 is 22.1 Å². The number of nitrogens with zero attached hydrogens (tertiary/aromatic N) is 2. The second-order valence-electron chi connectivity index (χ2n) is 5.45. The molecule has 0 fully saturated rings. The molecule has 3 aromatic rings. The number of hydrogen-bond donors (Lipinski definition) is 3. The first-order valence-corrected chi connectivity index (χ1v) is 9.26.